The fourth-order valence-corrected chi connectivity index (χ4v) is 3.47. The summed E-state index contributed by atoms with van der Waals surface area (Å²) >= 11 is 0. The molecular weight excluding hydrogens is 308 g/mol. The topological polar surface area (TPSA) is 55.1 Å². The van der Waals surface area contributed by atoms with Crippen molar-refractivity contribution >= 4 is 5.91 Å². The van der Waals surface area contributed by atoms with E-state index in [1.54, 1.807) is 0 Å². The number of rotatable bonds is 20. The molecule has 150 valence electrons. The maximum absolute atomic E-state index is 11.5. The Bertz CT molecular complexity index is 281. The standard InChI is InChI=1S/C22H46N2O/c1-3-5-6-7-8-9-10-11-12-13-14-15-16-17-18-21(22(23)25)19-20-24-4-2/h21,24H,3-20H2,1-2H3,(H2,23,25). The van der Waals surface area contributed by atoms with Crippen molar-refractivity contribution in [1.82, 2.24) is 5.32 Å². The molecule has 1 amide bonds. The first-order chi connectivity index (χ1) is 12.2. The summed E-state index contributed by atoms with van der Waals surface area (Å²) in [5, 5.41) is 3.28. The smallest absolute Gasteiger partial charge is 0.220 e. The molecule has 0 aromatic heterocycles. The summed E-state index contributed by atoms with van der Waals surface area (Å²) in [4.78, 5) is 11.5. The molecule has 1 unspecified atom stereocenters. The zero-order chi connectivity index (χ0) is 18.6. The highest BCUT2D eigenvalue weighted by atomic mass is 16.1. The van der Waals surface area contributed by atoms with E-state index < -0.39 is 0 Å². The van der Waals surface area contributed by atoms with Gasteiger partial charge in [0.15, 0.2) is 0 Å². The molecule has 0 aliphatic carbocycles. The third kappa shape index (κ3) is 18.0. The van der Waals surface area contributed by atoms with Crippen LogP contribution in [0.15, 0.2) is 0 Å². The number of carbonyl (C=O) groups is 1. The Morgan fingerprint density at radius 1 is 0.720 bits per heavy atom. The van der Waals surface area contributed by atoms with Gasteiger partial charge in [-0.05, 0) is 25.9 Å². The van der Waals surface area contributed by atoms with Crippen molar-refractivity contribution in [3.8, 4) is 0 Å². The average molecular weight is 355 g/mol. The highest BCUT2D eigenvalue weighted by Gasteiger charge is 2.13. The van der Waals surface area contributed by atoms with Gasteiger partial charge in [0, 0.05) is 5.92 Å². The van der Waals surface area contributed by atoms with Crippen LogP contribution < -0.4 is 11.1 Å². The summed E-state index contributed by atoms with van der Waals surface area (Å²) < 4.78 is 0. The zero-order valence-electron chi connectivity index (χ0n) is 17.3. The monoisotopic (exact) mass is 354 g/mol. The minimum Gasteiger partial charge on any atom is -0.369 e. The van der Waals surface area contributed by atoms with Crippen molar-refractivity contribution in [2.75, 3.05) is 13.1 Å². The molecule has 0 bridgehead atoms. The Hall–Kier alpha value is -0.570. The molecule has 0 aliphatic heterocycles. The summed E-state index contributed by atoms with van der Waals surface area (Å²) in [6.07, 6.45) is 21.1. The van der Waals surface area contributed by atoms with Gasteiger partial charge in [-0.2, -0.15) is 0 Å². The normalized spacial score (nSPS) is 12.4. The lowest BCUT2D eigenvalue weighted by atomic mass is 9.96. The van der Waals surface area contributed by atoms with E-state index in [0.717, 1.165) is 32.4 Å². The maximum Gasteiger partial charge on any atom is 0.220 e. The summed E-state index contributed by atoms with van der Waals surface area (Å²) in [5.74, 6) is -0.0519. The molecule has 0 radical (unpaired) electrons. The SMILES string of the molecule is CCCCCCCCCCCCCCCCC(CCNCC)C(N)=O. The Balaban J connectivity index is 3.30. The number of hydrogen-bond acceptors (Lipinski definition) is 2. The summed E-state index contributed by atoms with van der Waals surface area (Å²) in [7, 11) is 0. The van der Waals surface area contributed by atoms with Gasteiger partial charge >= 0.3 is 0 Å². The van der Waals surface area contributed by atoms with E-state index >= 15 is 0 Å². The summed E-state index contributed by atoms with van der Waals surface area (Å²) in [6, 6.07) is 0. The van der Waals surface area contributed by atoms with Gasteiger partial charge in [0.1, 0.15) is 0 Å². The molecular formula is C22H46N2O. The Labute approximate surface area is 157 Å². The van der Waals surface area contributed by atoms with Crippen LogP contribution in [0.3, 0.4) is 0 Å². The van der Waals surface area contributed by atoms with Crippen LogP contribution >= 0.6 is 0 Å². The molecule has 0 rings (SSSR count). The van der Waals surface area contributed by atoms with E-state index in [4.69, 9.17) is 5.73 Å². The van der Waals surface area contributed by atoms with Crippen LogP contribution in [0, 0.1) is 5.92 Å². The molecule has 0 aromatic carbocycles. The highest BCUT2D eigenvalue weighted by Crippen LogP contribution is 2.16. The molecule has 0 heterocycles. The lowest BCUT2D eigenvalue weighted by Gasteiger charge is -2.13. The van der Waals surface area contributed by atoms with Crippen LogP contribution in [0.2, 0.25) is 0 Å². The molecule has 0 aromatic rings. The van der Waals surface area contributed by atoms with E-state index in [2.05, 4.69) is 19.2 Å². The molecule has 1 atom stereocenters. The fraction of sp³-hybridized carbons (Fsp3) is 0.955. The van der Waals surface area contributed by atoms with E-state index in [1.807, 2.05) is 0 Å². The van der Waals surface area contributed by atoms with E-state index in [0.29, 0.717) is 0 Å². The van der Waals surface area contributed by atoms with Crippen LogP contribution in [-0.2, 0) is 4.79 Å². The molecule has 0 aliphatic rings. The van der Waals surface area contributed by atoms with Crippen molar-refractivity contribution in [3.63, 3.8) is 0 Å². The predicted molar refractivity (Wildman–Crippen MR) is 111 cm³/mol. The molecule has 0 fully saturated rings. The Kier molecular flexibility index (Phi) is 19.3. The number of primary amides is 1. The van der Waals surface area contributed by atoms with Gasteiger partial charge in [-0.3, -0.25) is 4.79 Å². The van der Waals surface area contributed by atoms with Gasteiger partial charge in [0.05, 0.1) is 0 Å². The number of hydrogen-bond donors (Lipinski definition) is 2. The number of nitrogens with two attached hydrogens (primary N) is 1. The first kappa shape index (κ1) is 24.4. The van der Waals surface area contributed by atoms with Crippen molar-refractivity contribution in [3.05, 3.63) is 0 Å². The molecule has 3 nitrogen and oxygen atoms in total. The second-order valence-electron chi connectivity index (χ2n) is 7.63. The fourth-order valence-electron chi connectivity index (χ4n) is 3.47. The lowest BCUT2D eigenvalue weighted by Crippen LogP contribution is -2.27. The number of amides is 1. The van der Waals surface area contributed by atoms with Crippen LogP contribution in [0.1, 0.15) is 117 Å². The largest absolute Gasteiger partial charge is 0.369 e. The molecule has 3 N–H and O–H groups in total. The second-order valence-corrected chi connectivity index (χ2v) is 7.63. The van der Waals surface area contributed by atoms with Gasteiger partial charge in [0.2, 0.25) is 5.91 Å². The lowest BCUT2D eigenvalue weighted by molar-refractivity contribution is -0.122. The third-order valence-corrected chi connectivity index (χ3v) is 5.23. The van der Waals surface area contributed by atoms with Gasteiger partial charge in [0.25, 0.3) is 0 Å². The van der Waals surface area contributed by atoms with E-state index in [9.17, 15) is 4.79 Å². The predicted octanol–water partition coefficient (Wildman–Crippen LogP) is 5.96. The second kappa shape index (κ2) is 19.8. The van der Waals surface area contributed by atoms with Crippen molar-refractivity contribution < 1.29 is 4.79 Å². The van der Waals surface area contributed by atoms with Crippen molar-refractivity contribution in [2.45, 2.75) is 117 Å². The maximum atomic E-state index is 11.5. The van der Waals surface area contributed by atoms with Crippen molar-refractivity contribution in [2.24, 2.45) is 11.7 Å². The van der Waals surface area contributed by atoms with Gasteiger partial charge in [-0.15, -0.1) is 0 Å². The van der Waals surface area contributed by atoms with Gasteiger partial charge in [-0.1, -0.05) is 104 Å². The summed E-state index contributed by atoms with van der Waals surface area (Å²) in [6.45, 7) is 6.24. The molecule has 25 heavy (non-hydrogen) atoms. The molecule has 0 saturated heterocycles. The van der Waals surface area contributed by atoms with E-state index in [-0.39, 0.29) is 11.8 Å². The molecule has 0 spiro atoms. The van der Waals surface area contributed by atoms with E-state index in [1.165, 1.54) is 83.5 Å². The first-order valence-corrected chi connectivity index (χ1v) is 11.2. The van der Waals surface area contributed by atoms with Gasteiger partial charge < -0.3 is 11.1 Å². The van der Waals surface area contributed by atoms with Crippen LogP contribution in [0.5, 0.6) is 0 Å². The minimum atomic E-state index is -0.118. The minimum absolute atomic E-state index is 0.0661. The van der Waals surface area contributed by atoms with Crippen LogP contribution in [0.4, 0.5) is 0 Å². The molecule has 3 heteroatoms. The van der Waals surface area contributed by atoms with Gasteiger partial charge in [-0.25, -0.2) is 0 Å². The quantitative estimate of drug-likeness (QED) is 0.265. The Morgan fingerprint density at radius 2 is 1.16 bits per heavy atom. The number of unbranched alkanes of at least 4 members (excludes halogenated alkanes) is 13. The van der Waals surface area contributed by atoms with Crippen molar-refractivity contribution in [1.29, 1.82) is 0 Å². The highest BCUT2D eigenvalue weighted by molar-refractivity contribution is 5.76. The average Bonchev–Trinajstić information content (AvgIpc) is 2.60. The zero-order valence-corrected chi connectivity index (χ0v) is 17.3. The summed E-state index contributed by atoms with van der Waals surface area (Å²) in [5.41, 5.74) is 5.51. The van der Waals surface area contributed by atoms with Crippen LogP contribution in [-0.4, -0.2) is 19.0 Å². The molecule has 0 saturated carbocycles. The Morgan fingerprint density at radius 3 is 1.56 bits per heavy atom. The number of carbonyl (C=O) groups excluding carboxylic acids is 1. The van der Waals surface area contributed by atoms with Crippen LogP contribution in [0.25, 0.3) is 0 Å². The number of nitrogens with one attached hydrogen (secondary N) is 1. The third-order valence-electron chi connectivity index (χ3n) is 5.23. The first-order valence-electron chi connectivity index (χ1n) is 11.2.